The van der Waals surface area contributed by atoms with E-state index >= 15 is 0 Å². The summed E-state index contributed by atoms with van der Waals surface area (Å²) < 4.78 is 49.8. The van der Waals surface area contributed by atoms with Gasteiger partial charge in [-0.2, -0.15) is 13.2 Å². The van der Waals surface area contributed by atoms with E-state index in [1.54, 1.807) is 0 Å². The molecular formula is C26H24ClF3N4O8. The SMILES string of the molecule is O=C(Nc1ccc(Oc2ccnc(C(=O)N[C@@H]3[C@@H](O)[C@@H](O)[C@@H](CO)O[C@H]3O)c2)cc1)Nc1ccc(Cl)c(C(F)(F)F)c1. The van der Waals surface area contributed by atoms with E-state index < -0.39 is 66.0 Å². The molecule has 0 spiro atoms. The molecule has 0 aliphatic carbocycles. The van der Waals surface area contributed by atoms with Gasteiger partial charge >= 0.3 is 12.2 Å². The number of rotatable bonds is 7. The van der Waals surface area contributed by atoms with Crippen molar-refractivity contribution in [3.63, 3.8) is 0 Å². The molecule has 1 fully saturated rings. The molecule has 2 aromatic carbocycles. The van der Waals surface area contributed by atoms with Crippen LogP contribution in [0.4, 0.5) is 29.3 Å². The molecule has 0 radical (unpaired) electrons. The van der Waals surface area contributed by atoms with Gasteiger partial charge in [-0.3, -0.25) is 9.78 Å². The number of anilines is 2. The van der Waals surface area contributed by atoms with Gasteiger partial charge in [-0.1, -0.05) is 11.6 Å². The lowest BCUT2D eigenvalue weighted by molar-refractivity contribution is -0.252. The van der Waals surface area contributed by atoms with Crippen LogP contribution in [0.15, 0.2) is 60.8 Å². The molecule has 2 heterocycles. The average molecular weight is 613 g/mol. The summed E-state index contributed by atoms with van der Waals surface area (Å²) in [5.41, 5.74) is -1.07. The molecule has 5 atom stereocenters. The van der Waals surface area contributed by atoms with Gasteiger partial charge in [0.1, 0.15) is 41.5 Å². The number of halogens is 4. The third-order valence-electron chi connectivity index (χ3n) is 6.04. The topological polar surface area (TPSA) is 182 Å². The van der Waals surface area contributed by atoms with Crippen LogP contribution in [-0.2, 0) is 10.9 Å². The highest BCUT2D eigenvalue weighted by atomic mass is 35.5. The summed E-state index contributed by atoms with van der Waals surface area (Å²) in [6, 6.07) is 9.34. The third-order valence-corrected chi connectivity index (χ3v) is 6.37. The van der Waals surface area contributed by atoms with Gasteiger partial charge in [-0.15, -0.1) is 0 Å². The van der Waals surface area contributed by atoms with Crippen molar-refractivity contribution >= 4 is 34.9 Å². The Labute approximate surface area is 240 Å². The first-order valence-corrected chi connectivity index (χ1v) is 12.5. The lowest BCUT2D eigenvalue weighted by Gasteiger charge is -2.40. The zero-order valence-corrected chi connectivity index (χ0v) is 22.0. The molecule has 224 valence electrons. The Morgan fingerprint density at radius 1 is 0.952 bits per heavy atom. The first-order chi connectivity index (χ1) is 19.8. The lowest BCUT2D eigenvalue weighted by Crippen LogP contribution is -2.64. The summed E-state index contributed by atoms with van der Waals surface area (Å²) in [6.45, 7) is -0.656. The summed E-state index contributed by atoms with van der Waals surface area (Å²) in [4.78, 5) is 28.9. The average Bonchev–Trinajstić information content (AvgIpc) is 2.94. The van der Waals surface area contributed by atoms with E-state index in [4.69, 9.17) is 26.2 Å². The van der Waals surface area contributed by atoms with Crippen molar-refractivity contribution < 1.29 is 52.7 Å². The number of pyridine rings is 1. The smallest absolute Gasteiger partial charge is 0.417 e. The number of aliphatic hydroxyl groups is 4. The third kappa shape index (κ3) is 7.44. The Hall–Kier alpha value is -3.99. The van der Waals surface area contributed by atoms with E-state index in [1.807, 2.05) is 0 Å². The summed E-state index contributed by atoms with van der Waals surface area (Å²) in [5.74, 6) is -0.357. The number of alkyl halides is 3. The quantitative estimate of drug-likeness (QED) is 0.211. The van der Waals surface area contributed by atoms with Crippen molar-refractivity contribution in [1.29, 1.82) is 0 Å². The van der Waals surface area contributed by atoms with E-state index in [0.717, 1.165) is 6.07 Å². The Morgan fingerprint density at radius 3 is 2.29 bits per heavy atom. The maximum absolute atomic E-state index is 13.0. The molecule has 3 aromatic rings. The van der Waals surface area contributed by atoms with Crippen LogP contribution < -0.4 is 20.7 Å². The van der Waals surface area contributed by atoms with Crippen LogP contribution in [0.3, 0.4) is 0 Å². The molecule has 3 amide bonds. The van der Waals surface area contributed by atoms with Crippen molar-refractivity contribution in [3.8, 4) is 11.5 Å². The summed E-state index contributed by atoms with van der Waals surface area (Å²) >= 11 is 5.59. The number of carbonyl (C=O) groups is 2. The minimum atomic E-state index is -4.69. The Morgan fingerprint density at radius 2 is 1.62 bits per heavy atom. The maximum Gasteiger partial charge on any atom is 0.417 e. The minimum absolute atomic E-state index is 0.118. The molecule has 0 unspecified atom stereocenters. The fraction of sp³-hybridized carbons (Fsp3) is 0.269. The number of benzene rings is 2. The highest BCUT2D eigenvalue weighted by Crippen LogP contribution is 2.36. The van der Waals surface area contributed by atoms with Gasteiger partial charge in [0.05, 0.1) is 17.2 Å². The van der Waals surface area contributed by atoms with Crippen molar-refractivity contribution in [2.75, 3.05) is 17.2 Å². The Kier molecular flexibility index (Phi) is 9.50. The monoisotopic (exact) mass is 612 g/mol. The molecule has 7 N–H and O–H groups in total. The molecule has 12 nitrogen and oxygen atoms in total. The van der Waals surface area contributed by atoms with Crippen LogP contribution in [0.1, 0.15) is 16.1 Å². The number of aliphatic hydroxyl groups excluding tert-OH is 4. The van der Waals surface area contributed by atoms with Crippen LogP contribution in [0.5, 0.6) is 11.5 Å². The van der Waals surface area contributed by atoms with Gasteiger partial charge in [-0.25, -0.2) is 4.79 Å². The summed E-state index contributed by atoms with van der Waals surface area (Å²) in [5, 5.41) is 46.0. The second-order valence-corrected chi connectivity index (χ2v) is 9.41. The molecule has 1 aliphatic heterocycles. The Bertz CT molecular complexity index is 1430. The predicted molar refractivity (Wildman–Crippen MR) is 141 cm³/mol. The maximum atomic E-state index is 13.0. The molecule has 1 aliphatic rings. The number of nitrogens with one attached hydrogen (secondary N) is 3. The summed E-state index contributed by atoms with van der Waals surface area (Å²) in [7, 11) is 0. The number of hydrogen-bond donors (Lipinski definition) is 7. The van der Waals surface area contributed by atoms with Gasteiger partial charge < -0.3 is 45.9 Å². The fourth-order valence-corrected chi connectivity index (χ4v) is 4.16. The van der Waals surface area contributed by atoms with Crippen LogP contribution in [0, 0.1) is 0 Å². The number of nitrogens with zero attached hydrogens (tertiary/aromatic N) is 1. The van der Waals surface area contributed by atoms with Crippen LogP contribution >= 0.6 is 11.6 Å². The van der Waals surface area contributed by atoms with E-state index in [-0.39, 0.29) is 28.6 Å². The van der Waals surface area contributed by atoms with Crippen molar-refractivity contribution in [2.45, 2.75) is 36.8 Å². The number of ether oxygens (including phenoxy) is 2. The molecule has 42 heavy (non-hydrogen) atoms. The lowest BCUT2D eigenvalue weighted by atomic mass is 9.97. The van der Waals surface area contributed by atoms with E-state index in [9.17, 15) is 38.1 Å². The second-order valence-electron chi connectivity index (χ2n) is 9.00. The number of urea groups is 1. The zero-order chi connectivity index (χ0) is 30.6. The first-order valence-electron chi connectivity index (χ1n) is 12.2. The molecule has 0 saturated carbocycles. The van der Waals surface area contributed by atoms with Gasteiger partial charge in [0.25, 0.3) is 5.91 Å². The van der Waals surface area contributed by atoms with Crippen LogP contribution in [0.2, 0.25) is 5.02 Å². The van der Waals surface area contributed by atoms with E-state index in [0.29, 0.717) is 6.07 Å². The fourth-order valence-electron chi connectivity index (χ4n) is 3.93. The van der Waals surface area contributed by atoms with Crippen LogP contribution in [0.25, 0.3) is 0 Å². The van der Waals surface area contributed by atoms with Crippen molar-refractivity contribution in [2.24, 2.45) is 0 Å². The van der Waals surface area contributed by atoms with Crippen LogP contribution in [-0.4, -0.2) is 74.6 Å². The zero-order valence-electron chi connectivity index (χ0n) is 21.2. The first kappa shape index (κ1) is 31.0. The van der Waals surface area contributed by atoms with Crippen molar-refractivity contribution in [3.05, 3.63) is 77.1 Å². The molecule has 16 heteroatoms. The largest absolute Gasteiger partial charge is 0.457 e. The normalized spacial score (nSPS) is 22.2. The van der Waals surface area contributed by atoms with Gasteiger partial charge in [0, 0.05) is 23.6 Å². The Balaban J connectivity index is 1.35. The molecular weight excluding hydrogens is 589 g/mol. The standard InChI is InChI=1S/C26H24ClF3N4O8/c27-17-6-3-13(9-16(17)26(28,29)30)33-25(40)32-12-1-4-14(5-2-12)41-15-7-8-31-18(10-15)23(38)34-20-22(37)21(36)19(11-35)42-24(20)39/h1-10,19-22,24,35-37,39H,11H2,(H,34,38)(H2,32,33,40)/t19-,20-,21+,22-,24-/m1/s1. The number of carbonyl (C=O) groups excluding carboxylic acids is 2. The number of amides is 3. The number of aromatic nitrogens is 1. The van der Waals surface area contributed by atoms with Gasteiger partial charge in [0.2, 0.25) is 0 Å². The minimum Gasteiger partial charge on any atom is -0.457 e. The molecule has 4 rings (SSSR count). The predicted octanol–water partition coefficient (Wildman–Crippen LogP) is 2.72. The van der Waals surface area contributed by atoms with Crippen molar-refractivity contribution in [1.82, 2.24) is 10.3 Å². The molecule has 1 aromatic heterocycles. The van der Waals surface area contributed by atoms with E-state index in [1.165, 1.54) is 48.7 Å². The second kappa shape index (κ2) is 12.9. The van der Waals surface area contributed by atoms with Gasteiger partial charge in [-0.05, 0) is 48.5 Å². The highest BCUT2D eigenvalue weighted by Gasteiger charge is 2.44. The van der Waals surface area contributed by atoms with Gasteiger partial charge in [0.15, 0.2) is 6.29 Å². The van der Waals surface area contributed by atoms with E-state index in [2.05, 4.69) is 20.9 Å². The highest BCUT2D eigenvalue weighted by molar-refractivity contribution is 6.31. The summed E-state index contributed by atoms with van der Waals surface area (Å²) in [6.07, 6.45) is -9.55. The molecule has 1 saturated heterocycles. The molecule has 0 bridgehead atoms. The number of hydrogen-bond acceptors (Lipinski definition) is 9.